The standard InChI is InChI=1S/C18H18O/c1-15(17-10-6-3-7-11-17)18(14-19)13-12-16-8-4-2-5-9-16/h2-15,18H,1H3/b13-12+/t15-,18+/m1/s1. The van der Waals surface area contributed by atoms with E-state index in [-0.39, 0.29) is 11.8 Å². The molecule has 19 heavy (non-hydrogen) atoms. The molecule has 2 atom stereocenters. The third-order valence-corrected chi connectivity index (χ3v) is 3.37. The van der Waals surface area contributed by atoms with E-state index in [2.05, 4.69) is 19.1 Å². The average Bonchev–Trinajstić information content (AvgIpc) is 2.49. The molecule has 0 radical (unpaired) electrons. The first-order valence-corrected chi connectivity index (χ1v) is 6.55. The van der Waals surface area contributed by atoms with Crippen LogP contribution in [0.15, 0.2) is 66.7 Å². The van der Waals surface area contributed by atoms with E-state index in [0.717, 1.165) is 11.8 Å². The molecule has 1 nitrogen and oxygen atoms in total. The second kappa shape index (κ2) is 6.69. The van der Waals surface area contributed by atoms with E-state index in [9.17, 15) is 4.79 Å². The van der Waals surface area contributed by atoms with Crippen LogP contribution in [0.5, 0.6) is 0 Å². The highest BCUT2D eigenvalue weighted by Crippen LogP contribution is 2.24. The number of carbonyl (C=O) groups is 1. The van der Waals surface area contributed by atoms with E-state index in [1.165, 1.54) is 5.56 Å². The van der Waals surface area contributed by atoms with Gasteiger partial charge in [-0.2, -0.15) is 0 Å². The number of aldehydes is 1. The summed E-state index contributed by atoms with van der Waals surface area (Å²) in [6.07, 6.45) is 5.02. The van der Waals surface area contributed by atoms with Gasteiger partial charge in [-0.25, -0.2) is 0 Å². The molecule has 2 aromatic rings. The van der Waals surface area contributed by atoms with Crippen LogP contribution in [0.1, 0.15) is 24.0 Å². The third kappa shape index (κ3) is 3.65. The molecular formula is C18H18O. The summed E-state index contributed by atoms with van der Waals surface area (Å²) in [5.41, 5.74) is 2.31. The van der Waals surface area contributed by atoms with Crippen LogP contribution < -0.4 is 0 Å². The first-order valence-electron chi connectivity index (χ1n) is 6.55. The molecule has 0 aliphatic rings. The zero-order valence-corrected chi connectivity index (χ0v) is 11.1. The number of benzene rings is 2. The maximum absolute atomic E-state index is 11.3. The Balaban J connectivity index is 2.13. The van der Waals surface area contributed by atoms with Crippen LogP contribution in [-0.2, 0) is 4.79 Å². The van der Waals surface area contributed by atoms with E-state index in [0.29, 0.717) is 0 Å². The lowest BCUT2D eigenvalue weighted by atomic mass is 9.88. The fourth-order valence-electron chi connectivity index (χ4n) is 2.10. The largest absolute Gasteiger partial charge is 0.303 e. The van der Waals surface area contributed by atoms with Gasteiger partial charge in [0.15, 0.2) is 0 Å². The number of allylic oxidation sites excluding steroid dienone is 1. The number of rotatable bonds is 5. The van der Waals surface area contributed by atoms with Gasteiger partial charge in [0.2, 0.25) is 0 Å². The van der Waals surface area contributed by atoms with Gasteiger partial charge in [0.05, 0.1) is 0 Å². The second-order valence-corrected chi connectivity index (χ2v) is 4.68. The first kappa shape index (κ1) is 13.3. The Morgan fingerprint density at radius 2 is 1.47 bits per heavy atom. The molecule has 0 aliphatic heterocycles. The van der Waals surface area contributed by atoms with Crippen molar-refractivity contribution in [3.05, 3.63) is 77.9 Å². The van der Waals surface area contributed by atoms with Crippen LogP contribution in [0.3, 0.4) is 0 Å². The van der Waals surface area contributed by atoms with Crippen molar-refractivity contribution in [2.75, 3.05) is 0 Å². The molecule has 0 saturated carbocycles. The second-order valence-electron chi connectivity index (χ2n) is 4.68. The number of hydrogen-bond donors (Lipinski definition) is 0. The quantitative estimate of drug-likeness (QED) is 0.722. The van der Waals surface area contributed by atoms with Crippen molar-refractivity contribution in [2.45, 2.75) is 12.8 Å². The van der Waals surface area contributed by atoms with Crippen molar-refractivity contribution >= 4 is 12.4 Å². The number of hydrogen-bond acceptors (Lipinski definition) is 1. The summed E-state index contributed by atoms with van der Waals surface area (Å²) in [6.45, 7) is 2.09. The maximum Gasteiger partial charge on any atom is 0.127 e. The Hall–Kier alpha value is -2.15. The lowest BCUT2D eigenvalue weighted by Crippen LogP contribution is -2.08. The van der Waals surface area contributed by atoms with Crippen LogP contribution in [-0.4, -0.2) is 6.29 Å². The average molecular weight is 250 g/mol. The van der Waals surface area contributed by atoms with Gasteiger partial charge in [-0.3, -0.25) is 0 Å². The van der Waals surface area contributed by atoms with Crippen molar-refractivity contribution in [1.82, 2.24) is 0 Å². The summed E-state index contributed by atoms with van der Waals surface area (Å²) in [4.78, 5) is 11.3. The minimum Gasteiger partial charge on any atom is -0.303 e. The molecule has 0 spiro atoms. The van der Waals surface area contributed by atoms with Crippen LogP contribution in [0.4, 0.5) is 0 Å². The summed E-state index contributed by atoms with van der Waals surface area (Å²) in [5.74, 6) is 0.0984. The lowest BCUT2D eigenvalue weighted by molar-refractivity contribution is -0.110. The molecule has 0 bridgehead atoms. The Kier molecular flexibility index (Phi) is 4.68. The summed E-state index contributed by atoms with van der Waals surface area (Å²) < 4.78 is 0. The van der Waals surface area contributed by atoms with Gasteiger partial charge in [0, 0.05) is 5.92 Å². The van der Waals surface area contributed by atoms with Gasteiger partial charge in [-0.15, -0.1) is 0 Å². The van der Waals surface area contributed by atoms with Gasteiger partial charge in [0.1, 0.15) is 6.29 Å². The summed E-state index contributed by atoms with van der Waals surface area (Å²) in [6, 6.07) is 20.2. The van der Waals surface area contributed by atoms with Crippen molar-refractivity contribution in [1.29, 1.82) is 0 Å². The predicted molar refractivity (Wildman–Crippen MR) is 79.9 cm³/mol. The van der Waals surface area contributed by atoms with Crippen LogP contribution in [0, 0.1) is 5.92 Å². The first-order chi connectivity index (χ1) is 9.31. The van der Waals surface area contributed by atoms with Gasteiger partial charge in [-0.05, 0) is 17.0 Å². The van der Waals surface area contributed by atoms with Crippen molar-refractivity contribution < 1.29 is 4.79 Å². The molecule has 0 aliphatic carbocycles. The van der Waals surface area contributed by atoms with E-state index in [4.69, 9.17) is 0 Å². The fourth-order valence-corrected chi connectivity index (χ4v) is 2.10. The highest BCUT2D eigenvalue weighted by atomic mass is 16.1. The molecular weight excluding hydrogens is 232 g/mol. The Labute approximate surface area is 114 Å². The summed E-state index contributed by atoms with van der Waals surface area (Å²) >= 11 is 0. The van der Waals surface area contributed by atoms with Crippen molar-refractivity contribution in [2.24, 2.45) is 5.92 Å². The monoisotopic (exact) mass is 250 g/mol. The van der Waals surface area contributed by atoms with Gasteiger partial charge in [0.25, 0.3) is 0 Å². The number of carbonyl (C=O) groups excluding carboxylic acids is 1. The molecule has 2 rings (SSSR count). The molecule has 0 unspecified atom stereocenters. The van der Waals surface area contributed by atoms with Gasteiger partial charge < -0.3 is 4.79 Å². The summed E-state index contributed by atoms with van der Waals surface area (Å²) in [7, 11) is 0. The molecule has 0 fully saturated rings. The van der Waals surface area contributed by atoms with Crippen LogP contribution >= 0.6 is 0 Å². The van der Waals surface area contributed by atoms with Gasteiger partial charge >= 0.3 is 0 Å². The van der Waals surface area contributed by atoms with Crippen LogP contribution in [0.25, 0.3) is 6.08 Å². The third-order valence-electron chi connectivity index (χ3n) is 3.37. The van der Waals surface area contributed by atoms with E-state index in [1.54, 1.807) is 0 Å². The predicted octanol–water partition coefficient (Wildman–Crippen LogP) is 4.32. The van der Waals surface area contributed by atoms with E-state index >= 15 is 0 Å². The molecule has 0 N–H and O–H groups in total. The Morgan fingerprint density at radius 3 is 2.05 bits per heavy atom. The van der Waals surface area contributed by atoms with Crippen molar-refractivity contribution in [3.63, 3.8) is 0 Å². The van der Waals surface area contributed by atoms with E-state index in [1.807, 2.05) is 60.7 Å². The van der Waals surface area contributed by atoms with Crippen molar-refractivity contribution in [3.8, 4) is 0 Å². The molecule has 0 aromatic heterocycles. The molecule has 0 heterocycles. The molecule has 96 valence electrons. The van der Waals surface area contributed by atoms with Gasteiger partial charge in [-0.1, -0.05) is 79.7 Å². The smallest absolute Gasteiger partial charge is 0.127 e. The SMILES string of the molecule is C[C@H](c1ccccc1)[C@H](C=O)/C=C/c1ccccc1. The molecule has 0 saturated heterocycles. The zero-order chi connectivity index (χ0) is 13.5. The minimum absolute atomic E-state index is 0.0948. The van der Waals surface area contributed by atoms with Crippen LogP contribution in [0.2, 0.25) is 0 Å². The topological polar surface area (TPSA) is 17.1 Å². The van der Waals surface area contributed by atoms with E-state index < -0.39 is 0 Å². The Morgan fingerprint density at radius 1 is 0.895 bits per heavy atom. The highest BCUT2D eigenvalue weighted by molar-refractivity contribution is 5.63. The minimum atomic E-state index is -0.0948. The normalized spacial score (nSPS) is 14.2. The fraction of sp³-hybridized carbons (Fsp3) is 0.167. The molecule has 2 aromatic carbocycles. The zero-order valence-electron chi connectivity index (χ0n) is 11.1. The lowest BCUT2D eigenvalue weighted by Gasteiger charge is -2.15. The molecule has 0 amide bonds. The maximum atomic E-state index is 11.3. The highest BCUT2D eigenvalue weighted by Gasteiger charge is 2.14. The Bertz CT molecular complexity index is 528. The summed E-state index contributed by atoms with van der Waals surface area (Å²) in [5, 5.41) is 0. The molecule has 1 heteroatoms.